The summed E-state index contributed by atoms with van der Waals surface area (Å²) in [6.07, 6.45) is 2.34. The molecule has 0 aliphatic carbocycles. The zero-order chi connectivity index (χ0) is 25.3. The van der Waals surface area contributed by atoms with Crippen molar-refractivity contribution in [1.82, 2.24) is 14.8 Å². The number of nitrogens with one attached hydrogen (secondary N) is 1. The van der Waals surface area contributed by atoms with Crippen LogP contribution in [0.5, 0.6) is 0 Å². The Hall–Kier alpha value is -4.05. The molecule has 180 valence electrons. The zero-order valence-electron chi connectivity index (χ0n) is 19.8. The number of thiophene rings is 1. The molecule has 4 aromatic rings. The molecule has 3 aromatic heterocycles. The Morgan fingerprint density at radius 3 is 2.60 bits per heavy atom. The van der Waals surface area contributed by atoms with E-state index in [0.29, 0.717) is 34.1 Å². The maximum Gasteiger partial charge on any atom is 0.341 e. The number of pyridine rings is 1. The van der Waals surface area contributed by atoms with E-state index in [1.54, 1.807) is 23.9 Å². The summed E-state index contributed by atoms with van der Waals surface area (Å²) in [6, 6.07) is 9.01. The fourth-order valence-electron chi connectivity index (χ4n) is 3.77. The number of rotatable bonds is 7. The van der Waals surface area contributed by atoms with Gasteiger partial charge in [-0.15, -0.1) is 11.3 Å². The number of nitrogens with two attached hydrogens (primary N) is 1. The Kier molecular flexibility index (Phi) is 6.65. The second-order valence-corrected chi connectivity index (χ2v) is 9.07. The van der Waals surface area contributed by atoms with Crippen molar-refractivity contribution < 1.29 is 19.1 Å². The van der Waals surface area contributed by atoms with Crippen LogP contribution in [0.3, 0.4) is 0 Å². The Balaban J connectivity index is 1.81. The molecule has 0 radical (unpaired) electrons. The second-order valence-electron chi connectivity index (χ2n) is 8.05. The molecule has 3 N–H and O–H groups in total. The first-order chi connectivity index (χ1) is 16.7. The summed E-state index contributed by atoms with van der Waals surface area (Å²) in [5.74, 6) is -1.75. The molecule has 0 aliphatic heterocycles. The van der Waals surface area contributed by atoms with Crippen molar-refractivity contribution in [1.29, 1.82) is 0 Å². The largest absolute Gasteiger partial charge is 0.462 e. The summed E-state index contributed by atoms with van der Waals surface area (Å²) in [5.41, 5.74) is 9.33. The molecule has 0 saturated heterocycles. The molecule has 1 aromatic carbocycles. The SMILES string of the molecule is CCCOC(=O)c1c(NC(=O)c2cc(-c3cnn(C)c3C)nc3ccccc23)sc(C(N)=O)c1C. The van der Waals surface area contributed by atoms with E-state index < -0.39 is 17.8 Å². The van der Waals surface area contributed by atoms with Gasteiger partial charge in [-0.1, -0.05) is 25.1 Å². The van der Waals surface area contributed by atoms with Crippen LogP contribution in [0.25, 0.3) is 22.2 Å². The smallest absolute Gasteiger partial charge is 0.341 e. The molecule has 2 amide bonds. The van der Waals surface area contributed by atoms with E-state index in [0.717, 1.165) is 22.6 Å². The summed E-state index contributed by atoms with van der Waals surface area (Å²) in [4.78, 5) is 43.2. The predicted octanol–water partition coefficient (Wildman–Crippen LogP) is 4.23. The van der Waals surface area contributed by atoms with E-state index in [-0.39, 0.29) is 22.0 Å². The summed E-state index contributed by atoms with van der Waals surface area (Å²) in [5, 5.41) is 7.95. The number of para-hydroxylation sites is 1. The molecule has 0 saturated carbocycles. The third kappa shape index (κ3) is 4.52. The Morgan fingerprint density at radius 2 is 1.94 bits per heavy atom. The summed E-state index contributed by atoms with van der Waals surface area (Å²) in [7, 11) is 1.84. The number of fused-ring (bicyclic) bond motifs is 1. The van der Waals surface area contributed by atoms with E-state index in [9.17, 15) is 14.4 Å². The monoisotopic (exact) mass is 491 g/mol. The van der Waals surface area contributed by atoms with Crippen molar-refractivity contribution in [2.24, 2.45) is 12.8 Å². The molecule has 0 unspecified atom stereocenters. The number of benzene rings is 1. The van der Waals surface area contributed by atoms with Crippen molar-refractivity contribution in [3.8, 4) is 11.3 Å². The number of primary amides is 1. The van der Waals surface area contributed by atoms with Gasteiger partial charge in [0.1, 0.15) is 5.00 Å². The highest BCUT2D eigenvalue weighted by Crippen LogP contribution is 2.35. The minimum Gasteiger partial charge on any atom is -0.462 e. The molecule has 9 nitrogen and oxygen atoms in total. The molecular weight excluding hydrogens is 466 g/mol. The quantitative estimate of drug-likeness (QED) is 0.372. The molecule has 0 atom stereocenters. The maximum absolute atomic E-state index is 13.6. The summed E-state index contributed by atoms with van der Waals surface area (Å²) < 4.78 is 7.02. The number of hydrogen-bond donors (Lipinski definition) is 2. The van der Waals surface area contributed by atoms with E-state index in [2.05, 4.69) is 10.4 Å². The number of hydrogen-bond acceptors (Lipinski definition) is 7. The van der Waals surface area contributed by atoms with Crippen molar-refractivity contribution in [2.75, 3.05) is 11.9 Å². The summed E-state index contributed by atoms with van der Waals surface area (Å²) >= 11 is 0.954. The average molecular weight is 492 g/mol. The molecule has 10 heteroatoms. The standard InChI is InChI=1S/C25H25N5O4S/c1-5-10-34-25(33)20-13(2)21(22(26)31)35-24(20)29-23(32)16-11-19(17-12-27-30(4)14(17)3)28-18-9-7-6-8-15(16)18/h6-9,11-12H,5,10H2,1-4H3,(H2,26,31)(H,29,32). The van der Waals surface area contributed by atoms with Gasteiger partial charge in [0.15, 0.2) is 0 Å². The normalized spacial score (nSPS) is 11.0. The molecule has 3 heterocycles. The molecule has 0 bridgehead atoms. The van der Waals surface area contributed by atoms with Crippen LogP contribution in [0.15, 0.2) is 36.5 Å². The maximum atomic E-state index is 13.6. The van der Waals surface area contributed by atoms with Crippen LogP contribution < -0.4 is 11.1 Å². The summed E-state index contributed by atoms with van der Waals surface area (Å²) in [6.45, 7) is 5.63. The number of aromatic nitrogens is 3. The number of carbonyl (C=O) groups is 3. The van der Waals surface area contributed by atoms with Crippen LogP contribution in [0.4, 0.5) is 5.00 Å². The van der Waals surface area contributed by atoms with Crippen molar-refractivity contribution >= 4 is 45.0 Å². The lowest BCUT2D eigenvalue weighted by Gasteiger charge is -2.11. The van der Waals surface area contributed by atoms with Crippen LogP contribution >= 0.6 is 11.3 Å². The van der Waals surface area contributed by atoms with E-state index >= 15 is 0 Å². The van der Waals surface area contributed by atoms with Gasteiger partial charge in [-0.3, -0.25) is 14.3 Å². The first kappa shape index (κ1) is 24.1. The minimum atomic E-state index is -0.679. The highest BCUT2D eigenvalue weighted by atomic mass is 32.1. The lowest BCUT2D eigenvalue weighted by atomic mass is 10.0. The van der Waals surface area contributed by atoms with E-state index in [4.69, 9.17) is 15.5 Å². The van der Waals surface area contributed by atoms with Gasteiger partial charge in [0, 0.05) is 23.7 Å². The fraction of sp³-hybridized carbons (Fsp3) is 0.240. The van der Waals surface area contributed by atoms with Gasteiger partial charge in [0.25, 0.3) is 11.8 Å². The molecule has 35 heavy (non-hydrogen) atoms. The number of nitrogens with zero attached hydrogens (tertiary/aromatic N) is 3. The Labute approximate surface area is 205 Å². The molecule has 0 fully saturated rings. The van der Waals surface area contributed by atoms with Crippen LogP contribution in [0.1, 0.15) is 55.0 Å². The lowest BCUT2D eigenvalue weighted by molar-refractivity contribution is 0.0506. The first-order valence-electron chi connectivity index (χ1n) is 11.0. The van der Waals surface area contributed by atoms with Crippen molar-refractivity contribution in [3.05, 3.63) is 63.8 Å². The lowest BCUT2D eigenvalue weighted by Crippen LogP contribution is -2.16. The van der Waals surface area contributed by atoms with Crippen LogP contribution in [0.2, 0.25) is 0 Å². The highest BCUT2D eigenvalue weighted by molar-refractivity contribution is 7.18. The molecular formula is C25H25N5O4S. The van der Waals surface area contributed by atoms with E-state index in [1.807, 2.05) is 45.2 Å². The van der Waals surface area contributed by atoms with Crippen LogP contribution in [-0.2, 0) is 11.8 Å². The van der Waals surface area contributed by atoms with Gasteiger partial charge in [-0.25, -0.2) is 9.78 Å². The third-order valence-electron chi connectivity index (χ3n) is 5.71. The Morgan fingerprint density at radius 1 is 1.20 bits per heavy atom. The fourth-order valence-corrected chi connectivity index (χ4v) is 4.81. The van der Waals surface area contributed by atoms with Gasteiger partial charge in [0.05, 0.1) is 40.0 Å². The zero-order valence-corrected chi connectivity index (χ0v) is 20.7. The topological polar surface area (TPSA) is 129 Å². The number of esters is 1. The average Bonchev–Trinajstić information content (AvgIpc) is 3.35. The van der Waals surface area contributed by atoms with Crippen molar-refractivity contribution in [3.63, 3.8) is 0 Å². The second kappa shape index (κ2) is 9.67. The predicted molar refractivity (Wildman–Crippen MR) is 135 cm³/mol. The van der Waals surface area contributed by atoms with E-state index in [1.165, 1.54) is 0 Å². The van der Waals surface area contributed by atoms with Gasteiger partial charge >= 0.3 is 5.97 Å². The van der Waals surface area contributed by atoms with Crippen LogP contribution in [0, 0.1) is 13.8 Å². The van der Waals surface area contributed by atoms with Crippen LogP contribution in [-0.4, -0.2) is 39.2 Å². The number of anilines is 1. The van der Waals surface area contributed by atoms with Crippen molar-refractivity contribution in [2.45, 2.75) is 27.2 Å². The van der Waals surface area contributed by atoms with Gasteiger partial charge in [0.2, 0.25) is 0 Å². The minimum absolute atomic E-state index is 0.132. The number of amides is 2. The molecule has 0 spiro atoms. The highest BCUT2D eigenvalue weighted by Gasteiger charge is 2.27. The first-order valence-corrected chi connectivity index (χ1v) is 11.8. The van der Waals surface area contributed by atoms with Gasteiger partial charge in [-0.2, -0.15) is 5.10 Å². The number of aryl methyl sites for hydroxylation is 1. The van der Waals surface area contributed by atoms with Gasteiger partial charge in [-0.05, 0) is 38.0 Å². The molecule has 0 aliphatic rings. The number of ether oxygens (including phenoxy) is 1. The number of carbonyl (C=O) groups excluding carboxylic acids is 3. The molecule has 4 rings (SSSR count). The Bertz CT molecular complexity index is 1470. The van der Waals surface area contributed by atoms with Gasteiger partial charge < -0.3 is 15.8 Å². The third-order valence-corrected chi connectivity index (χ3v) is 6.93.